The van der Waals surface area contributed by atoms with Gasteiger partial charge in [-0.15, -0.1) is 0 Å². The molecule has 2 atom stereocenters. The summed E-state index contributed by atoms with van der Waals surface area (Å²) in [4.78, 5) is 10.8. The van der Waals surface area contributed by atoms with E-state index in [1.54, 1.807) is 33.3 Å². The molecule has 0 aromatic heterocycles. The summed E-state index contributed by atoms with van der Waals surface area (Å²) < 4.78 is 10.3. The van der Waals surface area contributed by atoms with Crippen molar-refractivity contribution in [1.29, 1.82) is 0 Å². The van der Waals surface area contributed by atoms with Gasteiger partial charge in [-0.1, -0.05) is 13.0 Å². The van der Waals surface area contributed by atoms with Crippen LogP contribution in [0.3, 0.4) is 0 Å². The Morgan fingerprint density at radius 3 is 2.44 bits per heavy atom. The number of hydrogen-bond acceptors (Lipinski definition) is 4. The van der Waals surface area contributed by atoms with Crippen molar-refractivity contribution in [3.8, 4) is 11.5 Å². The summed E-state index contributed by atoms with van der Waals surface area (Å²) in [6.07, 6.45) is 0.380. The van der Waals surface area contributed by atoms with Crippen LogP contribution in [-0.4, -0.2) is 25.3 Å². The van der Waals surface area contributed by atoms with Gasteiger partial charge in [0.25, 0.3) is 0 Å². The molecule has 5 nitrogen and oxygen atoms in total. The molecule has 1 rings (SSSR count). The van der Waals surface area contributed by atoms with E-state index in [4.69, 9.17) is 20.3 Å². The highest BCUT2D eigenvalue weighted by atomic mass is 16.5. The highest BCUT2D eigenvalue weighted by Gasteiger charge is 2.17. The van der Waals surface area contributed by atoms with Gasteiger partial charge in [-0.2, -0.15) is 0 Å². The summed E-state index contributed by atoms with van der Waals surface area (Å²) in [6.45, 7) is 1.64. The molecule has 3 N–H and O–H groups in total. The van der Waals surface area contributed by atoms with Crippen LogP contribution in [0.15, 0.2) is 18.2 Å². The molecule has 1 aromatic rings. The van der Waals surface area contributed by atoms with Crippen LogP contribution in [0.2, 0.25) is 0 Å². The van der Waals surface area contributed by atoms with Crippen LogP contribution in [0.25, 0.3) is 0 Å². The molecule has 1 aromatic carbocycles. The topological polar surface area (TPSA) is 81.8 Å². The van der Waals surface area contributed by atoms with Crippen LogP contribution >= 0.6 is 0 Å². The molecule has 0 amide bonds. The third-order valence-corrected chi connectivity index (χ3v) is 2.86. The van der Waals surface area contributed by atoms with Gasteiger partial charge in [-0.25, -0.2) is 0 Å². The Labute approximate surface area is 107 Å². The second-order valence-electron chi connectivity index (χ2n) is 4.20. The van der Waals surface area contributed by atoms with Gasteiger partial charge < -0.3 is 20.3 Å². The molecular formula is C13H19NO4. The van der Waals surface area contributed by atoms with E-state index in [0.717, 1.165) is 5.56 Å². The summed E-state index contributed by atoms with van der Waals surface area (Å²) >= 11 is 0. The van der Waals surface area contributed by atoms with Crippen molar-refractivity contribution in [1.82, 2.24) is 0 Å². The molecule has 0 spiro atoms. The van der Waals surface area contributed by atoms with Crippen LogP contribution in [0.4, 0.5) is 0 Å². The molecule has 18 heavy (non-hydrogen) atoms. The number of ether oxygens (including phenoxy) is 2. The van der Waals surface area contributed by atoms with Crippen LogP contribution < -0.4 is 15.2 Å². The van der Waals surface area contributed by atoms with Gasteiger partial charge in [-0.3, -0.25) is 4.79 Å². The Bertz CT molecular complexity index is 419. The molecule has 0 bridgehead atoms. The average Bonchev–Trinajstić information content (AvgIpc) is 2.37. The highest BCUT2D eigenvalue weighted by Crippen LogP contribution is 2.30. The zero-order chi connectivity index (χ0) is 13.7. The Hall–Kier alpha value is -1.75. The average molecular weight is 253 g/mol. The summed E-state index contributed by atoms with van der Waals surface area (Å²) in [6, 6.07) is 5.02. The van der Waals surface area contributed by atoms with E-state index >= 15 is 0 Å². The molecule has 0 aliphatic rings. The molecule has 0 aliphatic carbocycles. The first-order valence-electron chi connectivity index (χ1n) is 5.70. The second kappa shape index (κ2) is 6.26. The van der Waals surface area contributed by atoms with E-state index in [-0.39, 0.29) is 6.04 Å². The lowest BCUT2D eigenvalue weighted by atomic mass is 9.96. The van der Waals surface area contributed by atoms with Crippen LogP contribution in [0.1, 0.15) is 24.9 Å². The normalized spacial score (nSPS) is 13.8. The van der Waals surface area contributed by atoms with Crippen molar-refractivity contribution < 1.29 is 19.4 Å². The van der Waals surface area contributed by atoms with E-state index in [9.17, 15) is 4.79 Å². The smallest absolute Gasteiger partial charge is 0.306 e. The molecule has 0 heterocycles. The number of methoxy groups -OCH3 is 2. The van der Waals surface area contributed by atoms with Gasteiger partial charge >= 0.3 is 5.97 Å². The van der Waals surface area contributed by atoms with E-state index in [1.165, 1.54) is 0 Å². The largest absolute Gasteiger partial charge is 0.493 e. The number of hydrogen-bond donors (Lipinski definition) is 2. The number of aliphatic carboxylic acids is 1. The Morgan fingerprint density at radius 2 is 1.94 bits per heavy atom. The van der Waals surface area contributed by atoms with Gasteiger partial charge in [0.2, 0.25) is 0 Å². The van der Waals surface area contributed by atoms with Gasteiger partial charge in [-0.05, 0) is 24.1 Å². The second-order valence-corrected chi connectivity index (χ2v) is 4.20. The van der Waals surface area contributed by atoms with Crippen LogP contribution in [0.5, 0.6) is 11.5 Å². The van der Waals surface area contributed by atoms with Gasteiger partial charge in [0.1, 0.15) is 0 Å². The van der Waals surface area contributed by atoms with E-state index < -0.39 is 11.9 Å². The maximum absolute atomic E-state index is 10.8. The third kappa shape index (κ3) is 3.37. The molecule has 2 unspecified atom stereocenters. The van der Waals surface area contributed by atoms with E-state index in [1.807, 2.05) is 6.07 Å². The van der Waals surface area contributed by atoms with Crippen LogP contribution in [0, 0.1) is 5.92 Å². The minimum Gasteiger partial charge on any atom is -0.493 e. The Kier molecular flexibility index (Phi) is 4.97. The first-order chi connectivity index (χ1) is 8.49. The molecule has 0 saturated carbocycles. The summed E-state index contributed by atoms with van der Waals surface area (Å²) in [7, 11) is 3.11. The number of carboxylic acid groups (broad SMARTS) is 1. The van der Waals surface area contributed by atoms with Crippen molar-refractivity contribution >= 4 is 5.97 Å². The van der Waals surface area contributed by atoms with Crippen molar-refractivity contribution in [3.05, 3.63) is 23.8 Å². The molecular weight excluding hydrogens is 234 g/mol. The highest BCUT2D eigenvalue weighted by molar-refractivity contribution is 5.69. The number of nitrogens with two attached hydrogens (primary N) is 1. The standard InChI is InChI=1S/C13H19NO4/c1-8(13(15)16)6-10(14)9-4-5-11(17-2)12(7-9)18-3/h4-5,7-8,10H,6,14H2,1-3H3,(H,15,16). The molecule has 0 aliphatic heterocycles. The first kappa shape index (κ1) is 14.3. The summed E-state index contributed by atoms with van der Waals surface area (Å²) in [5, 5.41) is 8.86. The fourth-order valence-electron chi connectivity index (χ4n) is 1.70. The van der Waals surface area contributed by atoms with Gasteiger partial charge in [0.15, 0.2) is 11.5 Å². The van der Waals surface area contributed by atoms with E-state index in [2.05, 4.69) is 0 Å². The first-order valence-corrected chi connectivity index (χ1v) is 5.70. The van der Waals surface area contributed by atoms with Crippen molar-refractivity contribution in [3.63, 3.8) is 0 Å². The quantitative estimate of drug-likeness (QED) is 0.808. The SMILES string of the molecule is COc1ccc(C(N)CC(C)C(=O)O)cc1OC. The summed E-state index contributed by atoms with van der Waals surface area (Å²) in [5.41, 5.74) is 6.82. The van der Waals surface area contributed by atoms with E-state index in [0.29, 0.717) is 17.9 Å². The minimum absolute atomic E-state index is 0.337. The fraction of sp³-hybridized carbons (Fsp3) is 0.462. The minimum atomic E-state index is -0.842. The summed E-state index contributed by atoms with van der Waals surface area (Å²) in [5.74, 6) is -0.104. The van der Waals surface area contributed by atoms with Crippen LogP contribution in [-0.2, 0) is 4.79 Å². The molecule has 0 radical (unpaired) electrons. The molecule has 0 saturated heterocycles. The van der Waals surface area contributed by atoms with Crippen molar-refractivity contribution in [2.24, 2.45) is 11.7 Å². The lowest BCUT2D eigenvalue weighted by molar-refractivity contribution is -0.141. The monoisotopic (exact) mass is 253 g/mol. The number of carboxylic acids is 1. The lowest BCUT2D eigenvalue weighted by Crippen LogP contribution is -2.19. The fourth-order valence-corrected chi connectivity index (χ4v) is 1.70. The molecule has 0 fully saturated rings. The predicted octanol–water partition coefficient (Wildman–Crippen LogP) is 1.81. The van der Waals surface area contributed by atoms with Crippen molar-refractivity contribution in [2.75, 3.05) is 14.2 Å². The number of rotatable bonds is 6. The number of carbonyl (C=O) groups is 1. The maximum atomic E-state index is 10.8. The predicted molar refractivity (Wildman–Crippen MR) is 67.9 cm³/mol. The molecule has 100 valence electrons. The van der Waals surface area contributed by atoms with Gasteiger partial charge in [0.05, 0.1) is 20.1 Å². The number of benzene rings is 1. The molecule has 5 heteroatoms. The Morgan fingerprint density at radius 1 is 1.33 bits per heavy atom. The third-order valence-electron chi connectivity index (χ3n) is 2.86. The zero-order valence-corrected chi connectivity index (χ0v) is 10.8. The zero-order valence-electron chi connectivity index (χ0n) is 10.8. The Balaban J connectivity index is 2.86. The van der Waals surface area contributed by atoms with Crippen molar-refractivity contribution in [2.45, 2.75) is 19.4 Å². The van der Waals surface area contributed by atoms with Gasteiger partial charge in [0, 0.05) is 6.04 Å². The maximum Gasteiger partial charge on any atom is 0.306 e. The lowest BCUT2D eigenvalue weighted by Gasteiger charge is -2.16.